The Kier molecular flexibility index (Phi) is 26.0. The van der Waals surface area contributed by atoms with Crippen LogP contribution in [0.1, 0.15) is 147 Å². The van der Waals surface area contributed by atoms with Crippen LogP contribution in [0.25, 0.3) is 0 Å². The lowest BCUT2D eigenvalue weighted by Crippen LogP contribution is -2.74. The summed E-state index contributed by atoms with van der Waals surface area (Å²) in [5, 5.41) is 14.8. The fourth-order valence-corrected chi connectivity index (χ4v) is 26.1. The zero-order chi connectivity index (χ0) is 65.8. The van der Waals surface area contributed by atoms with E-state index in [0.717, 1.165) is 47.4 Å². The third-order valence-electron chi connectivity index (χ3n) is 21.6. The summed E-state index contributed by atoms with van der Waals surface area (Å²) in [6.07, 6.45) is 0.0479. The lowest BCUT2D eigenvalue weighted by molar-refractivity contribution is -0.331. The molecule has 3 saturated heterocycles. The van der Waals surface area contributed by atoms with Crippen LogP contribution in [-0.4, -0.2) is 129 Å². The highest BCUT2D eigenvalue weighted by Crippen LogP contribution is 2.51. The largest absolute Gasteiger partial charge is 0.411 e. The van der Waals surface area contributed by atoms with Gasteiger partial charge in [-0.15, -0.1) is 13.2 Å². The summed E-state index contributed by atoms with van der Waals surface area (Å²) >= 11 is 0. The molecule has 13 atom stereocenters. The van der Waals surface area contributed by atoms with Gasteiger partial charge in [0.25, 0.3) is 8.32 Å². The maximum atomic E-state index is 12.6. The van der Waals surface area contributed by atoms with E-state index in [4.69, 9.17) is 46.1 Å². The molecule has 3 heterocycles. The molecule has 11 nitrogen and oxygen atoms in total. The van der Waals surface area contributed by atoms with Gasteiger partial charge in [0, 0.05) is 32.3 Å². The van der Waals surface area contributed by atoms with Crippen LogP contribution in [-0.2, 0) is 59.3 Å². The van der Waals surface area contributed by atoms with Crippen molar-refractivity contribution in [1.29, 1.82) is 0 Å². The molecule has 0 aliphatic carbocycles. The summed E-state index contributed by atoms with van der Waals surface area (Å²) in [6.45, 7) is 48.9. The Bertz CT molecular complexity index is 2740. The Morgan fingerprint density at radius 1 is 0.633 bits per heavy atom. The number of aliphatic hydroxyl groups is 1. The number of rotatable bonds is 33. The molecule has 0 saturated carbocycles. The number of benzene rings is 4. The maximum absolute atomic E-state index is 12.6. The molecule has 90 heavy (non-hydrogen) atoms. The van der Waals surface area contributed by atoms with Crippen LogP contribution in [0.15, 0.2) is 147 Å². The van der Waals surface area contributed by atoms with E-state index in [9.17, 15) is 5.11 Å². The van der Waals surface area contributed by atoms with Crippen molar-refractivity contribution in [1.82, 2.24) is 0 Å². The molecule has 3 fully saturated rings. The number of hydrogen-bond acceptors (Lipinski definition) is 11. The van der Waals surface area contributed by atoms with Crippen LogP contribution in [0, 0.1) is 0 Å². The monoisotopic (exact) mass is 1310 g/mol. The predicted octanol–water partition coefficient (Wildman–Crippen LogP) is 16.4. The molecule has 15 heteroatoms. The fourth-order valence-electron chi connectivity index (χ4n) is 14.3. The van der Waals surface area contributed by atoms with E-state index in [-0.39, 0.29) is 22.6 Å². The van der Waals surface area contributed by atoms with Crippen LogP contribution in [0.4, 0.5) is 0 Å². The van der Waals surface area contributed by atoms with Crippen LogP contribution in [0.2, 0.25) is 59.4 Å². The number of ether oxygens (including phenoxy) is 6. The average Bonchev–Trinajstić information content (AvgIpc) is 0.794. The van der Waals surface area contributed by atoms with E-state index in [0.29, 0.717) is 52.1 Å². The van der Waals surface area contributed by atoms with Crippen LogP contribution in [0.3, 0.4) is 0 Å². The molecule has 0 bridgehead atoms. The summed E-state index contributed by atoms with van der Waals surface area (Å²) in [7, 11) is -10.3. The molecule has 1 unspecified atom stereocenters. The quantitative estimate of drug-likeness (QED) is 0.0363. The minimum Gasteiger partial charge on any atom is -0.411 e. The van der Waals surface area contributed by atoms with E-state index in [1.807, 2.05) is 42.5 Å². The molecular formula is C75H118O11Si4. The summed E-state index contributed by atoms with van der Waals surface area (Å²) in [5.41, 5.74) is -0.538. The van der Waals surface area contributed by atoms with Crippen molar-refractivity contribution >= 4 is 43.6 Å². The molecule has 3 aliphatic heterocycles. The van der Waals surface area contributed by atoms with E-state index < -0.39 is 105 Å². The second-order valence-corrected chi connectivity index (χ2v) is 47.9. The van der Waals surface area contributed by atoms with Crippen LogP contribution < -0.4 is 10.4 Å². The third-order valence-corrected chi connectivity index (χ3v) is 40.4. The molecule has 0 aromatic heterocycles. The highest BCUT2D eigenvalue weighted by Gasteiger charge is 2.63. The highest BCUT2D eigenvalue weighted by atomic mass is 28.4. The smallest absolute Gasteiger partial charge is 0.261 e. The molecule has 500 valence electrons. The minimum absolute atomic E-state index is 0.106. The van der Waals surface area contributed by atoms with Gasteiger partial charge in [0.15, 0.2) is 25.0 Å². The van der Waals surface area contributed by atoms with Crippen molar-refractivity contribution in [2.75, 3.05) is 13.2 Å². The van der Waals surface area contributed by atoms with Gasteiger partial charge in [-0.05, 0) is 108 Å². The molecule has 4 aromatic rings. The minimum atomic E-state index is -2.92. The summed E-state index contributed by atoms with van der Waals surface area (Å²) < 4.78 is 75.7. The maximum Gasteiger partial charge on any atom is 0.261 e. The van der Waals surface area contributed by atoms with Crippen molar-refractivity contribution in [3.8, 4) is 0 Å². The Balaban J connectivity index is 1.30. The van der Waals surface area contributed by atoms with Gasteiger partial charge in [0.05, 0.1) is 79.9 Å². The number of aliphatic hydroxyl groups excluding tert-OH is 1. The third kappa shape index (κ3) is 16.9. The van der Waals surface area contributed by atoms with Gasteiger partial charge in [-0.3, -0.25) is 0 Å². The van der Waals surface area contributed by atoms with Crippen LogP contribution in [0.5, 0.6) is 0 Å². The standard InChI is InChI=1S/C75H118O11Si4/c1-20-48-73(15)66(53-67(83-87(18,19)71(9,10)11)74(16,86-73)49-50-79-90(72(12,13)14,59-44-36-30-37-45-59)60-46-38-31-39-47-60)80-62(61(76)21-2)51-64-69(84-88(22-3,23-4)24-5)70(85-89(25-6,26-7)27-8)75(17)68(81-64)52-63(78-55-58-42-34-29-35-43-58)65(82-75)56-77-54-57-40-32-28-33-41-57/h20-21,28-47,61-70,76H,1-2,22-27,48-56H2,3-19H3/t61?,62-,63-,64-,65+,66-,67+,68+,69-,70-,73+,74-,75+/m1/s1. The highest BCUT2D eigenvalue weighted by molar-refractivity contribution is 6.99. The summed E-state index contributed by atoms with van der Waals surface area (Å²) in [5.74, 6) is 0. The van der Waals surface area contributed by atoms with Crippen molar-refractivity contribution in [3.63, 3.8) is 0 Å². The normalized spacial score (nSPS) is 27.8. The molecule has 0 radical (unpaired) electrons. The van der Waals surface area contributed by atoms with Gasteiger partial charge in [0.1, 0.15) is 17.8 Å². The van der Waals surface area contributed by atoms with Gasteiger partial charge in [-0.1, -0.05) is 217 Å². The molecule has 4 aromatic carbocycles. The number of fused-ring (bicyclic) bond motifs is 1. The Morgan fingerprint density at radius 3 is 1.63 bits per heavy atom. The molecule has 3 aliphatic rings. The molecular weight excluding hydrogens is 1190 g/mol. The first kappa shape index (κ1) is 74.2. The van der Waals surface area contributed by atoms with Gasteiger partial charge < -0.3 is 51.2 Å². The van der Waals surface area contributed by atoms with Crippen molar-refractivity contribution in [2.24, 2.45) is 0 Å². The van der Waals surface area contributed by atoms with Gasteiger partial charge >= 0.3 is 0 Å². The molecule has 1 N–H and O–H groups in total. The van der Waals surface area contributed by atoms with E-state index >= 15 is 0 Å². The fraction of sp³-hybridized carbons (Fsp3) is 0.627. The molecule has 7 rings (SSSR count). The van der Waals surface area contributed by atoms with Gasteiger partial charge in [-0.25, -0.2) is 0 Å². The van der Waals surface area contributed by atoms with Gasteiger partial charge in [0.2, 0.25) is 0 Å². The SMILES string of the molecule is C=CC[C@]1(C)O[C@](C)(CCO[Si](c2ccccc2)(c2ccccc2)C(C)(C)C)[C@@H](O[Si](C)(C)C(C)(C)C)C[C@H]1O[C@H](C[C@H]1O[C@H]2C[C@@H](OCc3ccccc3)[C@H](COCc3ccccc3)O[C@]2(C)[C@H](O[Si](CC)(CC)CC)[C@@H]1O[Si](CC)(CC)CC)C(O)C=C. The van der Waals surface area contributed by atoms with Gasteiger partial charge in [-0.2, -0.15) is 0 Å². The number of hydrogen-bond donors (Lipinski definition) is 1. The van der Waals surface area contributed by atoms with Crippen LogP contribution >= 0.6 is 0 Å². The van der Waals surface area contributed by atoms with Crippen molar-refractivity contribution in [3.05, 3.63) is 158 Å². The second-order valence-electron chi connectivity index (χ2n) is 29.4. The van der Waals surface area contributed by atoms with E-state index in [2.05, 4.69) is 215 Å². The Labute approximate surface area is 549 Å². The average molecular weight is 1310 g/mol. The lowest BCUT2D eigenvalue weighted by atomic mass is 9.77. The lowest BCUT2D eigenvalue weighted by Gasteiger charge is -2.60. The van der Waals surface area contributed by atoms with Crippen molar-refractivity contribution < 1.29 is 51.2 Å². The molecule has 0 spiro atoms. The van der Waals surface area contributed by atoms with E-state index in [1.54, 1.807) is 6.08 Å². The predicted molar refractivity (Wildman–Crippen MR) is 379 cm³/mol. The summed E-state index contributed by atoms with van der Waals surface area (Å²) in [4.78, 5) is 0. The van der Waals surface area contributed by atoms with Crippen molar-refractivity contribution in [2.45, 2.75) is 286 Å². The zero-order valence-electron chi connectivity index (χ0n) is 58.5. The first-order valence-corrected chi connectivity index (χ1v) is 44.2. The Morgan fingerprint density at radius 2 is 1.14 bits per heavy atom. The topological polar surface area (TPSA) is 113 Å². The first-order chi connectivity index (χ1) is 42.6. The zero-order valence-corrected chi connectivity index (χ0v) is 62.5. The first-order valence-electron chi connectivity index (χ1n) is 34.3. The van der Waals surface area contributed by atoms with E-state index in [1.165, 1.54) is 10.4 Å². The summed E-state index contributed by atoms with van der Waals surface area (Å²) in [6, 6.07) is 47.9. The second kappa shape index (κ2) is 31.6. The Hall–Kier alpha value is -3.21. The molecule has 0 amide bonds.